The highest BCUT2D eigenvalue weighted by molar-refractivity contribution is 8.00. The van der Waals surface area contributed by atoms with Gasteiger partial charge in [0.2, 0.25) is 0 Å². The molecule has 1 aliphatic carbocycles. The topological polar surface area (TPSA) is 52.6 Å². The predicted octanol–water partition coefficient (Wildman–Crippen LogP) is 1.12. The third-order valence-electron chi connectivity index (χ3n) is 4.17. The van der Waals surface area contributed by atoms with Crippen LogP contribution in [0.5, 0.6) is 0 Å². The first-order valence-corrected chi connectivity index (χ1v) is 7.48. The van der Waals surface area contributed by atoms with Crippen molar-refractivity contribution in [2.24, 2.45) is 0 Å². The Bertz CT molecular complexity index is 334. The van der Waals surface area contributed by atoms with Crippen LogP contribution in [0.3, 0.4) is 0 Å². The zero-order valence-corrected chi connectivity index (χ0v) is 11.0. The predicted molar refractivity (Wildman–Crippen MR) is 68.2 cm³/mol. The highest BCUT2D eigenvalue weighted by Gasteiger charge is 2.50. The van der Waals surface area contributed by atoms with E-state index in [-0.39, 0.29) is 10.9 Å². The van der Waals surface area contributed by atoms with Crippen LogP contribution in [-0.2, 0) is 4.79 Å². The van der Waals surface area contributed by atoms with Gasteiger partial charge in [0, 0.05) is 18.6 Å². The summed E-state index contributed by atoms with van der Waals surface area (Å²) in [5, 5.41) is 12.5. The van der Waals surface area contributed by atoms with Crippen molar-refractivity contribution in [2.75, 3.05) is 12.3 Å². The Kier molecular flexibility index (Phi) is 2.88. The van der Waals surface area contributed by atoms with E-state index in [9.17, 15) is 4.79 Å². The quantitative estimate of drug-likeness (QED) is 0.775. The zero-order valence-electron chi connectivity index (χ0n) is 10.2. The van der Waals surface area contributed by atoms with E-state index in [1.54, 1.807) is 0 Å². The maximum absolute atomic E-state index is 11.1. The second kappa shape index (κ2) is 4.14. The van der Waals surface area contributed by atoms with Crippen molar-refractivity contribution >= 4 is 17.7 Å². The summed E-state index contributed by atoms with van der Waals surface area (Å²) in [6, 6.07) is 1.02. The Morgan fingerprint density at radius 2 is 2.24 bits per heavy atom. The van der Waals surface area contributed by atoms with E-state index in [2.05, 4.69) is 17.1 Å². The first-order chi connectivity index (χ1) is 8.10. The van der Waals surface area contributed by atoms with Gasteiger partial charge in [-0.1, -0.05) is 0 Å². The van der Waals surface area contributed by atoms with Gasteiger partial charge in [-0.05, 0) is 38.4 Å². The highest BCUT2D eigenvalue weighted by Crippen LogP contribution is 2.44. The minimum atomic E-state index is -0.692. The van der Waals surface area contributed by atoms with Gasteiger partial charge >= 0.3 is 5.97 Å². The molecule has 2 aliphatic heterocycles. The number of carboxylic acids is 1. The molecule has 3 atom stereocenters. The zero-order chi connectivity index (χ0) is 12.0. The lowest BCUT2D eigenvalue weighted by Crippen LogP contribution is -2.56. The Labute approximate surface area is 106 Å². The molecule has 2 saturated heterocycles. The number of carboxylic acid groups (broad SMARTS) is 1. The fourth-order valence-electron chi connectivity index (χ4n) is 3.20. The van der Waals surface area contributed by atoms with Gasteiger partial charge in [-0.15, -0.1) is 11.8 Å². The van der Waals surface area contributed by atoms with E-state index < -0.39 is 5.97 Å². The number of carbonyl (C=O) groups is 1. The number of hydrogen-bond acceptors (Lipinski definition) is 4. The molecule has 0 bridgehead atoms. The molecule has 4 nitrogen and oxygen atoms in total. The van der Waals surface area contributed by atoms with Crippen molar-refractivity contribution in [1.29, 1.82) is 0 Å². The third-order valence-corrected chi connectivity index (χ3v) is 5.57. The third kappa shape index (κ3) is 2.20. The number of nitrogens with zero attached hydrogens (tertiary/aromatic N) is 1. The summed E-state index contributed by atoms with van der Waals surface area (Å²) < 4.78 is 0. The number of thioether (sulfide) groups is 1. The number of likely N-dealkylation sites (tertiary alicyclic amines) is 1. The van der Waals surface area contributed by atoms with E-state index >= 15 is 0 Å². The van der Waals surface area contributed by atoms with E-state index in [0.717, 1.165) is 31.2 Å². The molecular formula is C12H20N2O2S. The molecule has 0 amide bonds. The van der Waals surface area contributed by atoms with Crippen molar-refractivity contribution in [1.82, 2.24) is 10.2 Å². The van der Waals surface area contributed by atoms with Crippen LogP contribution in [-0.4, -0.2) is 51.3 Å². The molecule has 3 unspecified atom stereocenters. The maximum atomic E-state index is 11.1. The molecule has 1 spiro atoms. The van der Waals surface area contributed by atoms with Gasteiger partial charge in [-0.2, -0.15) is 0 Å². The first-order valence-electron chi connectivity index (χ1n) is 6.50. The lowest BCUT2D eigenvalue weighted by atomic mass is 10.1. The summed E-state index contributed by atoms with van der Waals surface area (Å²) in [4.78, 5) is 13.7. The number of rotatable bonds is 2. The first kappa shape index (κ1) is 11.8. The second-order valence-electron chi connectivity index (χ2n) is 5.62. The van der Waals surface area contributed by atoms with Crippen LogP contribution < -0.4 is 5.32 Å². The normalized spacial score (nSPS) is 43.1. The van der Waals surface area contributed by atoms with Gasteiger partial charge in [0.1, 0.15) is 6.04 Å². The van der Waals surface area contributed by atoms with Gasteiger partial charge in [0.25, 0.3) is 0 Å². The van der Waals surface area contributed by atoms with Crippen LogP contribution in [0.1, 0.15) is 32.6 Å². The van der Waals surface area contributed by atoms with Crippen molar-refractivity contribution in [2.45, 2.75) is 55.6 Å². The van der Waals surface area contributed by atoms with Crippen LogP contribution in [0.2, 0.25) is 0 Å². The van der Waals surface area contributed by atoms with Gasteiger partial charge in [0.15, 0.2) is 0 Å². The van der Waals surface area contributed by atoms with E-state index in [4.69, 9.17) is 5.11 Å². The lowest BCUT2D eigenvalue weighted by molar-refractivity contribution is -0.140. The van der Waals surface area contributed by atoms with Gasteiger partial charge in [-0.3, -0.25) is 15.0 Å². The van der Waals surface area contributed by atoms with Crippen LogP contribution in [0.25, 0.3) is 0 Å². The monoisotopic (exact) mass is 256 g/mol. The van der Waals surface area contributed by atoms with Crippen LogP contribution in [0.15, 0.2) is 0 Å². The number of hydrogen-bond donors (Lipinski definition) is 2. The Morgan fingerprint density at radius 1 is 1.47 bits per heavy atom. The fourth-order valence-corrected chi connectivity index (χ4v) is 4.77. The van der Waals surface area contributed by atoms with Gasteiger partial charge in [0.05, 0.1) is 4.87 Å². The van der Waals surface area contributed by atoms with Crippen LogP contribution in [0, 0.1) is 0 Å². The summed E-state index contributed by atoms with van der Waals surface area (Å²) in [6.45, 7) is 3.30. The smallest absolute Gasteiger partial charge is 0.320 e. The maximum Gasteiger partial charge on any atom is 0.320 e. The molecule has 2 N–H and O–H groups in total. The molecule has 2 heterocycles. The average molecular weight is 256 g/mol. The Balaban J connectivity index is 1.71. The molecule has 5 heteroatoms. The van der Waals surface area contributed by atoms with Crippen molar-refractivity contribution in [3.05, 3.63) is 0 Å². The molecule has 3 fully saturated rings. The van der Waals surface area contributed by atoms with Crippen molar-refractivity contribution in [3.8, 4) is 0 Å². The Morgan fingerprint density at radius 3 is 2.88 bits per heavy atom. The van der Waals surface area contributed by atoms with Crippen molar-refractivity contribution < 1.29 is 9.90 Å². The summed E-state index contributed by atoms with van der Waals surface area (Å²) in [6.07, 6.45) is 4.48. The average Bonchev–Trinajstić information content (AvgIpc) is 3.06. The van der Waals surface area contributed by atoms with E-state index in [0.29, 0.717) is 6.04 Å². The van der Waals surface area contributed by atoms with Crippen LogP contribution >= 0.6 is 11.8 Å². The number of nitrogens with one attached hydrogen (secondary N) is 1. The highest BCUT2D eigenvalue weighted by atomic mass is 32.2. The molecule has 0 aromatic heterocycles. The summed E-state index contributed by atoms with van der Waals surface area (Å²) in [7, 11) is 0. The van der Waals surface area contributed by atoms with E-state index in [1.807, 2.05) is 11.8 Å². The summed E-state index contributed by atoms with van der Waals surface area (Å²) >= 11 is 1.93. The molecule has 0 aromatic rings. The lowest BCUT2D eigenvalue weighted by Gasteiger charge is -2.37. The fraction of sp³-hybridized carbons (Fsp3) is 0.917. The molecular weight excluding hydrogens is 236 g/mol. The SMILES string of the molecule is CC1CC2(CN1C1CC1)NC(C(=O)O)CCS2. The molecule has 3 rings (SSSR count). The van der Waals surface area contributed by atoms with Gasteiger partial charge in [-0.25, -0.2) is 0 Å². The Hall–Kier alpha value is -0.260. The molecule has 1 saturated carbocycles. The molecule has 0 radical (unpaired) electrons. The number of aliphatic carboxylic acids is 1. The minimum Gasteiger partial charge on any atom is -0.480 e. The van der Waals surface area contributed by atoms with Gasteiger partial charge < -0.3 is 5.11 Å². The van der Waals surface area contributed by atoms with E-state index in [1.165, 1.54) is 12.8 Å². The summed E-state index contributed by atoms with van der Waals surface area (Å²) in [5.74, 6) is 0.275. The van der Waals surface area contributed by atoms with Crippen molar-refractivity contribution in [3.63, 3.8) is 0 Å². The largest absolute Gasteiger partial charge is 0.480 e. The molecule has 3 aliphatic rings. The minimum absolute atomic E-state index is 0.00329. The molecule has 17 heavy (non-hydrogen) atoms. The standard InChI is InChI=1S/C12H20N2O2S/c1-8-6-12(7-14(8)9-2-3-9)13-10(11(15)16)4-5-17-12/h8-10,13H,2-7H2,1H3,(H,15,16). The summed E-state index contributed by atoms with van der Waals surface area (Å²) in [5.41, 5.74) is 0. The second-order valence-corrected chi connectivity index (χ2v) is 7.10. The molecule has 0 aromatic carbocycles. The van der Waals surface area contributed by atoms with Crippen LogP contribution in [0.4, 0.5) is 0 Å². The molecule has 96 valence electrons.